The Morgan fingerprint density at radius 3 is 2.65 bits per heavy atom. The molecule has 0 aromatic carbocycles. The maximum absolute atomic E-state index is 5.99. The molecule has 1 unspecified atom stereocenters. The van der Waals surface area contributed by atoms with Crippen LogP contribution in [0.4, 0.5) is 0 Å². The van der Waals surface area contributed by atoms with Crippen LogP contribution in [-0.4, -0.2) is 15.4 Å². The molecule has 0 aliphatic carbocycles. The summed E-state index contributed by atoms with van der Waals surface area (Å²) in [6, 6.07) is -0.134. The first-order valence-electron chi connectivity index (χ1n) is 6.22. The van der Waals surface area contributed by atoms with Gasteiger partial charge >= 0.3 is 0 Å². The standard InChI is InChI=1S/C12H23N3OS/c1-5-9(4)17-7-11-14-12(16-15-11)10(13)6-8(2)3/h8-10H,5-7,13H2,1-4H3/t9?,10-/m1/s1. The van der Waals surface area contributed by atoms with Gasteiger partial charge in [0.25, 0.3) is 0 Å². The third kappa shape index (κ3) is 5.08. The second-order valence-electron chi connectivity index (χ2n) is 4.81. The zero-order valence-electron chi connectivity index (χ0n) is 11.1. The third-order valence-corrected chi connectivity index (χ3v) is 3.93. The van der Waals surface area contributed by atoms with Crippen molar-refractivity contribution in [2.45, 2.75) is 57.6 Å². The topological polar surface area (TPSA) is 64.9 Å². The van der Waals surface area contributed by atoms with Crippen molar-refractivity contribution in [2.24, 2.45) is 11.7 Å². The van der Waals surface area contributed by atoms with E-state index in [4.69, 9.17) is 10.3 Å². The van der Waals surface area contributed by atoms with Crippen LogP contribution >= 0.6 is 11.8 Å². The smallest absolute Gasteiger partial charge is 0.243 e. The van der Waals surface area contributed by atoms with Crippen LogP contribution in [0.1, 0.15) is 58.3 Å². The summed E-state index contributed by atoms with van der Waals surface area (Å²) in [5.41, 5.74) is 5.99. The Hall–Kier alpha value is -0.550. The van der Waals surface area contributed by atoms with E-state index in [1.807, 2.05) is 11.8 Å². The first kappa shape index (κ1) is 14.5. The predicted molar refractivity (Wildman–Crippen MR) is 71.7 cm³/mol. The first-order chi connectivity index (χ1) is 8.02. The highest BCUT2D eigenvalue weighted by Crippen LogP contribution is 2.21. The van der Waals surface area contributed by atoms with Gasteiger partial charge in [0.1, 0.15) is 0 Å². The molecule has 1 aromatic heterocycles. The van der Waals surface area contributed by atoms with Gasteiger partial charge < -0.3 is 10.3 Å². The van der Waals surface area contributed by atoms with Crippen LogP contribution in [-0.2, 0) is 5.75 Å². The summed E-state index contributed by atoms with van der Waals surface area (Å²) in [5.74, 6) is 2.66. The Balaban J connectivity index is 2.47. The second kappa shape index (κ2) is 7.01. The number of hydrogen-bond acceptors (Lipinski definition) is 5. The van der Waals surface area contributed by atoms with E-state index < -0.39 is 0 Å². The van der Waals surface area contributed by atoms with Crippen molar-refractivity contribution in [1.29, 1.82) is 0 Å². The molecule has 0 aliphatic heterocycles. The van der Waals surface area contributed by atoms with Crippen molar-refractivity contribution in [1.82, 2.24) is 10.1 Å². The van der Waals surface area contributed by atoms with Crippen LogP contribution in [0, 0.1) is 5.92 Å². The molecule has 2 N–H and O–H groups in total. The maximum atomic E-state index is 5.99. The van der Waals surface area contributed by atoms with E-state index in [2.05, 4.69) is 37.8 Å². The molecule has 98 valence electrons. The van der Waals surface area contributed by atoms with E-state index in [9.17, 15) is 0 Å². The van der Waals surface area contributed by atoms with Gasteiger partial charge in [0.2, 0.25) is 5.89 Å². The van der Waals surface area contributed by atoms with Crippen LogP contribution in [0.25, 0.3) is 0 Å². The fourth-order valence-corrected chi connectivity index (χ4v) is 2.21. The molecule has 17 heavy (non-hydrogen) atoms. The van der Waals surface area contributed by atoms with Crippen molar-refractivity contribution in [3.63, 3.8) is 0 Å². The minimum Gasteiger partial charge on any atom is -0.338 e. The highest BCUT2D eigenvalue weighted by Gasteiger charge is 2.16. The van der Waals surface area contributed by atoms with Crippen LogP contribution in [0.3, 0.4) is 0 Å². The molecule has 5 heteroatoms. The highest BCUT2D eigenvalue weighted by atomic mass is 32.2. The summed E-state index contributed by atoms with van der Waals surface area (Å²) in [5, 5.41) is 4.59. The largest absolute Gasteiger partial charge is 0.338 e. The van der Waals surface area contributed by atoms with Crippen LogP contribution in [0.5, 0.6) is 0 Å². The first-order valence-corrected chi connectivity index (χ1v) is 7.27. The maximum Gasteiger partial charge on any atom is 0.243 e. The molecule has 2 atom stereocenters. The fourth-order valence-electron chi connectivity index (χ4n) is 1.42. The second-order valence-corrected chi connectivity index (χ2v) is 6.24. The Morgan fingerprint density at radius 2 is 2.06 bits per heavy atom. The highest BCUT2D eigenvalue weighted by molar-refractivity contribution is 7.99. The zero-order chi connectivity index (χ0) is 12.8. The summed E-state index contributed by atoms with van der Waals surface area (Å²) in [6.45, 7) is 8.65. The third-order valence-electron chi connectivity index (χ3n) is 2.60. The quantitative estimate of drug-likeness (QED) is 0.813. The van der Waals surface area contributed by atoms with Gasteiger partial charge in [-0.05, 0) is 18.8 Å². The number of nitrogens with two attached hydrogens (primary N) is 1. The molecule has 1 rings (SSSR count). The lowest BCUT2D eigenvalue weighted by Crippen LogP contribution is -2.13. The van der Waals surface area contributed by atoms with E-state index in [0.717, 1.165) is 24.4 Å². The monoisotopic (exact) mass is 257 g/mol. The lowest BCUT2D eigenvalue weighted by molar-refractivity contribution is 0.333. The summed E-state index contributed by atoms with van der Waals surface area (Å²) in [4.78, 5) is 4.35. The number of rotatable bonds is 7. The number of nitrogens with zero attached hydrogens (tertiary/aromatic N) is 2. The van der Waals surface area contributed by atoms with E-state index in [1.165, 1.54) is 0 Å². The normalized spacial score (nSPS) is 15.2. The van der Waals surface area contributed by atoms with E-state index in [0.29, 0.717) is 17.1 Å². The fraction of sp³-hybridized carbons (Fsp3) is 0.833. The summed E-state index contributed by atoms with van der Waals surface area (Å²) < 4.78 is 5.19. The van der Waals surface area contributed by atoms with E-state index in [-0.39, 0.29) is 6.04 Å². The lowest BCUT2D eigenvalue weighted by Gasteiger charge is -2.08. The van der Waals surface area contributed by atoms with E-state index in [1.54, 1.807) is 0 Å². The molecule has 1 heterocycles. The molecule has 0 bridgehead atoms. The van der Waals surface area contributed by atoms with Gasteiger partial charge in [0.15, 0.2) is 5.82 Å². The van der Waals surface area contributed by atoms with Gasteiger partial charge in [-0.15, -0.1) is 0 Å². The summed E-state index contributed by atoms with van der Waals surface area (Å²) >= 11 is 1.84. The molecule has 0 saturated carbocycles. The Bertz CT molecular complexity index is 327. The van der Waals surface area contributed by atoms with Gasteiger partial charge in [0, 0.05) is 5.25 Å². The van der Waals surface area contributed by atoms with Crippen molar-refractivity contribution in [2.75, 3.05) is 0 Å². The van der Waals surface area contributed by atoms with Gasteiger partial charge in [-0.1, -0.05) is 32.9 Å². The lowest BCUT2D eigenvalue weighted by atomic mass is 10.0. The average molecular weight is 257 g/mol. The predicted octanol–water partition coefficient (Wildman–Crippen LogP) is 3.15. The van der Waals surface area contributed by atoms with Crippen molar-refractivity contribution < 1.29 is 4.52 Å². The Kier molecular flexibility index (Phi) is 5.98. The molecule has 0 amide bonds. The van der Waals surface area contributed by atoms with Crippen LogP contribution in [0.15, 0.2) is 4.52 Å². The van der Waals surface area contributed by atoms with Crippen LogP contribution in [0.2, 0.25) is 0 Å². The molecular formula is C12H23N3OS. The molecule has 0 aliphatic rings. The molecule has 1 aromatic rings. The molecular weight excluding hydrogens is 234 g/mol. The molecule has 0 fully saturated rings. The Morgan fingerprint density at radius 1 is 1.35 bits per heavy atom. The number of hydrogen-bond donors (Lipinski definition) is 1. The van der Waals surface area contributed by atoms with Gasteiger partial charge in [-0.3, -0.25) is 0 Å². The average Bonchev–Trinajstić information content (AvgIpc) is 2.73. The zero-order valence-corrected chi connectivity index (χ0v) is 12.0. The molecule has 0 saturated heterocycles. The molecule has 4 nitrogen and oxygen atoms in total. The van der Waals surface area contributed by atoms with Gasteiger partial charge in [-0.25, -0.2) is 0 Å². The van der Waals surface area contributed by atoms with E-state index >= 15 is 0 Å². The van der Waals surface area contributed by atoms with Crippen molar-refractivity contribution in [3.05, 3.63) is 11.7 Å². The van der Waals surface area contributed by atoms with Crippen LogP contribution < -0.4 is 5.73 Å². The number of thioether (sulfide) groups is 1. The van der Waals surface area contributed by atoms with Gasteiger partial charge in [-0.2, -0.15) is 16.7 Å². The summed E-state index contributed by atoms with van der Waals surface area (Å²) in [6.07, 6.45) is 2.03. The molecule has 0 radical (unpaired) electrons. The minimum absolute atomic E-state index is 0.134. The molecule has 0 spiro atoms. The van der Waals surface area contributed by atoms with Gasteiger partial charge in [0.05, 0.1) is 11.8 Å². The number of aromatic nitrogens is 2. The SMILES string of the molecule is CCC(C)SCc1noc([C@H](N)CC(C)C)n1. The van der Waals surface area contributed by atoms with Crippen molar-refractivity contribution >= 4 is 11.8 Å². The minimum atomic E-state index is -0.134. The summed E-state index contributed by atoms with van der Waals surface area (Å²) in [7, 11) is 0. The Labute approximate surface area is 108 Å². The van der Waals surface area contributed by atoms with Crippen molar-refractivity contribution in [3.8, 4) is 0 Å².